The van der Waals surface area contributed by atoms with Crippen molar-refractivity contribution in [3.8, 4) is 0 Å². The van der Waals surface area contributed by atoms with Crippen LogP contribution in [0.5, 0.6) is 0 Å². The van der Waals surface area contributed by atoms with E-state index < -0.39 is 0 Å². The molecule has 1 aromatic carbocycles. The van der Waals surface area contributed by atoms with E-state index in [9.17, 15) is 0 Å². The van der Waals surface area contributed by atoms with Crippen LogP contribution >= 0.6 is 15.9 Å². The van der Waals surface area contributed by atoms with Crippen LogP contribution in [-0.2, 0) is 6.54 Å². The fourth-order valence-electron chi connectivity index (χ4n) is 2.38. The molecule has 2 atom stereocenters. The number of likely N-dealkylation sites (tertiary alicyclic amines) is 1. The predicted octanol–water partition coefficient (Wildman–Crippen LogP) is 2.93. The van der Waals surface area contributed by atoms with E-state index >= 15 is 0 Å². The van der Waals surface area contributed by atoms with Gasteiger partial charge in [-0.15, -0.1) is 0 Å². The lowest BCUT2D eigenvalue weighted by molar-refractivity contribution is 0.162. The molecule has 1 heterocycles. The summed E-state index contributed by atoms with van der Waals surface area (Å²) in [5, 5.41) is 0. The van der Waals surface area contributed by atoms with Crippen LogP contribution in [0.15, 0.2) is 22.7 Å². The number of benzene rings is 1. The van der Waals surface area contributed by atoms with Crippen LogP contribution in [0.25, 0.3) is 0 Å². The van der Waals surface area contributed by atoms with E-state index in [0.29, 0.717) is 12.0 Å². The van der Waals surface area contributed by atoms with Crippen molar-refractivity contribution in [2.45, 2.75) is 32.9 Å². The first-order valence-electron chi connectivity index (χ1n) is 6.29. The Bertz CT molecular complexity index is 392. The normalized spacial score (nSPS) is 26.1. The van der Waals surface area contributed by atoms with Crippen molar-refractivity contribution in [2.24, 2.45) is 11.7 Å². The molecule has 1 fully saturated rings. The Morgan fingerprint density at radius 3 is 2.88 bits per heavy atom. The second kappa shape index (κ2) is 5.51. The maximum absolute atomic E-state index is 6.13. The summed E-state index contributed by atoms with van der Waals surface area (Å²) < 4.78 is 1.19. The highest BCUT2D eigenvalue weighted by Gasteiger charge is 2.22. The Morgan fingerprint density at radius 1 is 1.47 bits per heavy atom. The standard InChI is InChI=1S/C14H21BrN2/c1-10-5-6-17(9-14(10)16)8-12-3-4-13(15)11(2)7-12/h3-4,7,10,14H,5-6,8-9,16H2,1-2H3. The highest BCUT2D eigenvalue weighted by Crippen LogP contribution is 2.21. The largest absolute Gasteiger partial charge is 0.326 e. The van der Waals surface area contributed by atoms with E-state index in [1.54, 1.807) is 0 Å². The van der Waals surface area contributed by atoms with Gasteiger partial charge in [0.15, 0.2) is 0 Å². The molecule has 0 saturated carbocycles. The lowest BCUT2D eigenvalue weighted by Crippen LogP contribution is -2.47. The van der Waals surface area contributed by atoms with Gasteiger partial charge in [-0.1, -0.05) is 35.0 Å². The highest BCUT2D eigenvalue weighted by atomic mass is 79.9. The van der Waals surface area contributed by atoms with Gasteiger partial charge in [0.2, 0.25) is 0 Å². The minimum Gasteiger partial charge on any atom is -0.326 e. The molecule has 0 radical (unpaired) electrons. The zero-order chi connectivity index (χ0) is 12.4. The summed E-state index contributed by atoms with van der Waals surface area (Å²) in [6, 6.07) is 6.92. The van der Waals surface area contributed by atoms with Crippen LogP contribution in [0.4, 0.5) is 0 Å². The summed E-state index contributed by atoms with van der Waals surface area (Å²) in [6.07, 6.45) is 1.22. The Labute approximate surface area is 112 Å². The highest BCUT2D eigenvalue weighted by molar-refractivity contribution is 9.10. The van der Waals surface area contributed by atoms with E-state index in [2.05, 4.69) is 52.9 Å². The second-order valence-electron chi connectivity index (χ2n) is 5.25. The molecule has 1 aliphatic heterocycles. The number of rotatable bonds is 2. The zero-order valence-electron chi connectivity index (χ0n) is 10.6. The number of halogens is 1. The first kappa shape index (κ1) is 13.1. The maximum Gasteiger partial charge on any atom is 0.0234 e. The first-order valence-corrected chi connectivity index (χ1v) is 7.08. The summed E-state index contributed by atoms with van der Waals surface area (Å²) in [5.41, 5.74) is 8.81. The first-order chi connectivity index (χ1) is 8.06. The molecule has 2 unspecified atom stereocenters. The zero-order valence-corrected chi connectivity index (χ0v) is 12.2. The predicted molar refractivity (Wildman–Crippen MR) is 75.9 cm³/mol. The van der Waals surface area contributed by atoms with Gasteiger partial charge >= 0.3 is 0 Å². The molecule has 1 saturated heterocycles. The third-order valence-electron chi connectivity index (χ3n) is 3.73. The second-order valence-corrected chi connectivity index (χ2v) is 6.10. The molecule has 2 nitrogen and oxygen atoms in total. The maximum atomic E-state index is 6.13. The van der Waals surface area contributed by atoms with E-state index in [4.69, 9.17) is 5.73 Å². The molecule has 0 spiro atoms. The van der Waals surface area contributed by atoms with Crippen molar-refractivity contribution < 1.29 is 0 Å². The number of hydrogen-bond donors (Lipinski definition) is 1. The van der Waals surface area contributed by atoms with Gasteiger partial charge in [-0.05, 0) is 43.0 Å². The Balaban J connectivity index is 1.99. The van der Waals surface area contributed by atoms with Crippen LogP contribution in [0.3, 0.4) is 0 Å². The van der Waals surface area contributed by atoms with Crippen LogP contribution < -0.4 is 5.73 Å². The number of aryl methyl sites for hydroxylation is 1. The summed E-state index contributed by atoms with van der Waals surface area (Å²) in [6.45, 7) is 7.61. The minimum atomic E-state index is 0.334. The third-order valence-corrected chi connectivity index (χ3v) is 4.62. The van der Waals surface area contributed by atoms with Gasteiger partial charge in [0.05, 0.1) is 0 Å². The minimum absolute atomic E-state index is 0.334. The summed E-state index contributed by atoms with van der Waals surface area (Å²) in [5.74, 6) is 0.665. The molecular weight excluding hydrogens is 276 g/mol. The number of nitrogens with zero attached hydrogens (tertiary/aromatic N) is 1. The SMILES string of the molecule is Cc1cc(CN2CCC(C)C(N)C2)ccc1Br. The van der Waals surface area contributed by atoms with Crippen molar-refractivity contribution in [1.82, 2.24) is 4.90 Å². The third kappa shape index (κ3) is 3.30. The van der Waals surface area contributed by atoms with Gasteiger partial charge < -0.3 is 5.73 Å². The molecule has 3 heteroatoms. The summed E-state index contributed by atoms with van der Waals surface area (Å²) in [7, 11) is 0. The smallest absolute Gasteiger partial charge is 0.0234 e. The van der Waals surface area contributed by atoms with Gasteiger partial charge in [-0.2, -0.15) is 0 Å². The van der Waals surface area contributed by atoms with Crippen molar-refractivity contribution in [2.75, 3.05) is 13.1 Å². The van der Waals surface area contributed by atoms with Crippen molar-refractivity contribution in [1.29, 1.82) is 0 Å². The van der Waals surface area contributed by atoms with E-state index in [1.807, 2.05) is 0 Å². The summed E-state index contributed by atoms with van der Waals surface area (Å²) >= 11 is 3.54. The van der Waals surface area contributed by atoms with Crippen LogP contribution in [0, 0.1) is 12.8 Å². The topological polar surface area (TPSA) is 29.3 Å². The van der Waals surface area contributed by atoms with Crippen molar-refractivity contribution in [3.63, 3.8) is 0 Å². The lowest BCUT2D eigenvalue weighted by Gasteiger charge is -2.35. The fraction of sp³-hybridized carbons (Fsp3) is 0.571. The molecule has 2 N–H and O–H groups in total. The van der Waals surface area contributed by atoms with Crippen molar-refractivity contribution in [3.05, 3.63) is 33.8 Å². The molecule has 2 rings (SSSR count). The van der Waals surface area contributed by atoms with Crippen LogP contribution in [0.2, 0.25) is 0 Å². The number of piperidine rings is 1. The number of hydrogen-bond acceptors (Lipinski definition) is 2. The Morgan fingerprint density at radius 2 is 2.24 bits per heavy atom. The van der Waals surface area contributed by atoms with Gasteiger partial charge in [0, 0.05) is 23.6 Å². The fourth-order valence-corrected chi connectivity index (χ4v) is 2.62. The van der Waals surface area contributed by atoms with E-state index in [1.165, 1.54) is 28.6 Å². The molecule has 0 aliphatic carbocycles. The molecule has 0 bridgehead atoms. The summed E-state index contributed by atoms with van der Waals surface area (Å²) in [4.78, 5) is 2.47. The molecule has 1 aliphatic rings. The molecule has 94 valence electrons. The monoisotopic (exact) mass is 296 g/mol. The van der Waals surface area contributed by atoms with Gasteiger partial charge in [0.25, 0.3) is 0 Å². The van der Waals surface area contributed by atoms with E-state index in [-0.39, 0.29) is 0 Å². The number of nitrogens with two attached hydrogens (primary N) is 1. The average molecular weight is 297 g/mol. The molecule has 0 aromatic heterocycles. The molecule has 1 aromatic rings. The van der Waals surface area contributed by atoms with E-state index in [0.717, 1.165) is 13.1 Å². The lowest BCUT2D eigenvalue weighted by atomic mass is 9.94. The van der Waals surface area contributed by atoms with Gasteiger partial charge in [-0.25, -0.2) is 0 Å². The van der Waals surface area contributed by atoms with Crippen molar-refractivity contribution >= 4 is 15.9 Å². The van der Waals surface area contributed by atoms with Crippen LogP contribution in [-0.4, -0.2) is 24.0 Å². The van der Waals surface area contributed by atoms with Gasteiger partial charge in [0.1, 0.15) is 0 Å². The Kier molecular flexibility index (Phi) is 4.23. The molecule has 0 amide bonds. The average Bonchev–Trinajstić information content (AvgIpc) is 2.29. The molecule has 17 heavy (non-hydrogen) atoms. The quantitative estimate of drug-likeness (QED) is 0.909. The molecular formula is C14H21BrN2. The Hall–Kier alpha value is -0.380. The van der Waals surface area contributed by atoms with Gasteiger partial charge in [-0.3, -0.25) is 4.90 Å². The van der Waals surface area contributed by atoms with Crippen LogP contribution in [0.1, 0.15) is 24.5 Å².